The summed E-state index contributed by atoms with van der Waals surface area (Å²) < 4.78 is 2.51. The molecule has 0 unspecified atom stereocenters. The number of hydrogen-bond acceptors (Lipinski definition) is 3. The zero-order valence-electron chi connectivity index (χ0n) is 19.3. The van der Waals surface area contributed by atoms with Crippen LogP contribution in [0.25, 0.3) is 31.1 Å². The van der Waals surface area contributed by atoms with E-state index in [0.717, 1.165) is 55.6 Å². The fraction of sp³-hybridized carbons (Fsp3) is 0.214. The number of rotatable bonds is 3. The Morgan fingerprint density at radius 2 is 0.812 bits per heavy atom. The SMILES string of the molecule is Cc1cc(-c2cc(-c3cc(C)c(O)c(C)c3)c(-c3cc(C)c(O)c(C)c3)[se]2)cc(C)c1O. The molecule has 3 aromatic carbocycles. The van der Waals surface area contributed by atoms with Crippen molar-refractivity contribution in [1.29, 1.82) is 0 Å². The van der Waals surface area contributed by atoms with Crippen LogP contribution >= 0.6 is 0 Å². The van der Waals surface area contributed by atoms with Crippen molar-refractivity contribution in [3.63, 3.8) is 0 Å². The summed E-state index contributed by atoms with van der Waals surface area (Å²) in [5.74, 6) is 1.03. The zero-order chi connectivity index (χ0) is 23.3. The molecule has 1 heterocycles. The second-order valence-electron chi connectivity index (χ2n) is 8.73. The summed E-state index contributed by atoms with van der Waals surface area (Å²) in [5, 5.41) is 30.8. The molecule has 0 amide bonds. The van der Waals surface area contributed by atoms with Crippen LogP contribution in [0.4, 0.5) is 0 Å². The first kappa shape index (κ1) is 22.3. The van der Waals surface area contributed by atoms with E-state index >= 15 is 0 Å². The number of phenolic OH excluding ortho intramolecular Hbond substituents is 3. The third-order valence-corrected chi connectivity index (χ3v) is 8.65. The molecule has 0 bridgehead atoms. The topological polar surface area (TPSA) is 60.7 Å². The molecule has 0 radical (unpaired) electrons. The molecule has 4 aromatic rings. The van der Waals surface area contributed by atoms with Crippen LogP contribution in [0.15, 0.2) is 42.5 Å². The molecule has 0 saturated carbocycles. The Morgan fingerprint density at radius 1 is 0.469 bits per heavy atom. The van der Waals surface area contributed by atoms with E-state index in [2.05, 4.69) is 30.3 Å². The van der Waals surface area contributed by atoms with E-state index in [1.165, 1.54) is 8.87 Å². The minimum atomic E-state index is 0.0424. The van der Waals surface area contributed by atoms with Crippen molar-refractivity contribution in [2.24, 2.45) is 0 Å². The van der Waals surface area contributed by atoms with Gasteiger partial charge in [-0.25, -0.2) is 0 Å². The van der Waals surface area contributed by atoms with Gasteiger partial charge >= 0.3 is 196 Å². The van der Waals surface area contributed by atoms with Crippen LogP contribution in [0, 0.1) is 41.5 Å². The maximum atomic E-state index is 10.3. The summed E-state index contributed by atoms with van der Waals surface area (Å²) in [7, 11) is 0. The fourth-order valence-electron chi connectivity index (χ4n) is 4.26. The van der Waals surface area contributed by atoms with Gasteiger partial charge in [-0.2, -0.15) is 0 Å². The second kappa shape index (κ2) is 8.20. The first-order valence-corrected chi connectivity index (χ1v) is 12.3. The summed E-state index contributed by atoms with van der Waals surface area (Å²) in [6, 6.07) is 14.6. The average Bonchev–Trinajstić information content (AvgIpc) is 3.18. The molecule has 1 aromatic heterocycles. The first-order chi connectivity index (χ1) is 15.1. The average molecular weight is 491 g/mol. The van der Waals surface area contributed by atoms with E-state index in [9.17, 15) is 15.3 Å². The maximum absolute atomic E-state index is 10.3. The molecule has 0 aliphatic heterocycles. The van der Waals surface area contributed by atoms with Crippen molar-refractivity contribution in [2.75, 3.05) is 0 Å². The van der Waals surface area contributed by atoms with E-state index in [1.807, 2.05) is 53.7 Å². The summed E-state index contributed by atoms with van der Waals surface area (Å²) in [6.07, 6.45) is 0. The number of hydrogen-bond donors (Lipinski definition) is 3. The molecular formula is C28H28O3Se. The van der Waals surface area contributed by atoms with Gasteiger partial charge in [-0.15, -0.1) is 0 Å². The Kier molecular flexibility index (Phi) is 5.70. The molecule has 0 aliphatic rings. The molecule has 0 saturated heterocycles. The van der Waals surface area contributed by atoms with Crippen LogP contribution in [0.1, 0.15) is 33.4 Å². The van der Waals surface area contributed by atoms with Crippen molar-refractivity contribution in [1.82, 2.24) is 0 Å². The molecule has 4 rings (SSSR count). The van der Waals surface area contributed by atoms with Gasteiger partial charge in [0.15, 0.2) is 0 Å². The molecule has 0 atom stereocenters. The van der Waals surface area contributed by atoms with Crippen LogP contribution in [0.3, 0.4) is 0 Å². The third-order valence-electron chi connectivity index (χ3n) is 6.06. The molecule has 3 nitrogen and oxygen atoms in total. The Labute approximate surface area is 195 Å². The number of aromatic hydroxyl groups is 3. The summed E-state index contributed by atoms with van der Waals surface area (Å²) in [4.78, 5) is 0. The summed E-state index contributed by atoms with van der Waals surface area (Å²) in [5.41, 5.74) is 9.68. The van der Waals surface area contributed by atoms with E-state index in [0.29, 0.717) is 17.2 Å². The van der Waals surface area contributed by atoms with Gasteiger partial charge < -0.3 is 0 Å². The van der Waals surface area contributed by atoms with Gasteiger partial charge in [0.1, 0.15) is 0 Å². The molecule has 0 spiro atoms. The van der Waals surface area contributed by atoms with Crippen LogP contribution in [0.2, 0.25) is 0 Å². The fourth-order valence-corrected chi connectivity index (χ4v) is 6.68. The number of benzene rings is 3. The van der Waals surface area contributed by atoms with Crippen molar-refractivity contribution >= 4 is 14.5 Å². The van der Waals surface area contributed by atoms with Crippen molar-refractivity contribution < 1.29 is 15.3 Å². The van der Waals surface area contributed by atoms with E-state index in [4.69, 9.17) is 0 Å². The van der Waals surface area contributed by atoms with Crippen LogP contribution in [-0.4, -0.2) is 29.8 Å². The number of aryl methyl sites for hydroxylation is 6. The van der Waals surface area contributed by atoms with Crippen LogP contribution < -0.4 is 0 Å². The molecule has 4 heteroatoms. The van der Waals surface area contributed by atoms with Crippen LogP contribution in [-0.2, 0) is 0 Å². The second-order valence-corrected chi connectivity index (χ2v) is 10.9. The van der Waals surface area contributed by atoms with E-state index in [-0.39, 0.29) is 14.5 Å². The van der Waals surface area contributed by atoms with Gasteiger partial charge in [0.2, 0.25) is 0 Å². The normalized spacial score (nSPS) is 11.2. The Balaban J connectivity index is 2.00. The molecule has 3 N–H and O–H groups in total. The number of phenols is 3. The molecular weight excluding hydrogens is 463 g/mol. The van der Waals surface area contributed by atoms with Crippen molar-refractivity contribution in [2.45, 2.75) is 41.5 Å². The van der Waals surface area contributed by atoms with Gasteiger partial charge in [-0.05, 0) is 0 Å². The van der Waals surface area contributed by atoms with Gasteiger partial charge in [0, 0.05) is 0 Å². The molecule has 164 valence electrons. The molecule has 32 heavy (non-hydrogen) atoms. The molecule has 0 fully saturated rings. The van der Waals surface area contributed by atoms with Crippen molar-refractivity contribution in [3.8, 4) is 48.4 Å². The molecule has 0 aliphatic carbocycles. The van der Waals surface area contributed by atoms with E-state index in [1.54, 1.807) is 0 Å². The zero-order valence-corrected chi connectivity index (χ0v) is 21.0. The quantitative estimate of drug-likeness (QED) is 0.279. The Morgan fingerprint density at radius 3 is 1.22 bits per heavy atom. The van der Waals surface area contributed by atoms with Gasteiger partial charge in [-0.3, -0.25) is 0 Å². The van der Waals surface area contributed by atoms with Crippen LogP contribution in [0.5, 0.6) is 17.2 Å². The van der Waals surface area contributed by atoms with Gasteiger partial charge in [0.25, 0.3) is 0 Å². The van der Waals surface area contributed by atoms with E-state index < -0.39 is 0 Å². The monoisotopic (exact) mass is 492 g/mol. The van der Waals surface area contributed by atoms with Gasteiger partial charge in [-0.1, -0.05) is 0 Å². The first-order valence-electron chi connectivity index (χ1n) is 10.6. The predicted octanol–water partition coefficient (Wildman–Crippen LogP) is 6.71. The minimum absolute atomic E-state index is 0.0424. The van der Waals surface area contributed by atoms with Gasteiger partial charge in [0.05, 0.1) is 0 Å². The predicted molar refractivity (Wildman–Crippen MR) is 133 cm³/mol. The third kappa shape index (κ3) is 3.85. The Hall–Kier alpha value is -2.94. The standard InChI is InChI=1S/C28H28O3Se/c1-14-7-20(8-15(2)25(14)29)23-13-24(21-9-16(3)26(30)17(4)10-21)32-28(23)22-11-18(5)27(31)19(6)12-22/h7-13,29-31H,1-6H3. The summed E-state index contributed by atoms with van der Waals surface area (Å²) >= 11 is 0.0424. The van der Waals surface area contributed by atoms with Crippen molar-refractivity contribution in [3.05, 3.63) is 75.8 Å². The summed E-state index contributed by atoms with van der Waals surface area (Å²) in [6.45, 7) is 11.6. The Bertz CT molecular complexity index is 1220.